The molecule has 1 saturated heterocycles. The molecule has 0 spiro atoms. The molecule has 0 radical (unpaired) electrons. The summed E-state index contributed by atoms with van der Waals surface area (Å²) in [5, 5.41) is 11.0. The molecular formula is C27H33N3O4. The van der Waals surface area contributed by atoms with E-state index >= 15 is 0 Å². The van der Waals surface area contributed by atoms with Crippen LogP contribution in [-0.4, -0.2) is 61.6 Å². The lowest BCUT2D eigenvalue weighted by Gasteiger charge is -2.40. The van der Waals surface area contributed by atoms with Crippen molar-refractivity contribution in [3.05, 3.63) is 87.8 Å². The molecule has 34 heavy (non-hydrogen) atoms. The number of anilines is 1. The van der Waals surface area contributed by atoms with Gasteiger partial charge in [0.25, 0.3) is 5.56 Å². The fourth-order valence-corrected chi connectivity index (χ4v) is 4.71. The normalized spacial score (nSPS) is 15.3. The zero-order valence-corrected chi connectivity index (χ0v) is 20.1. The second-order valence-electron chi connectivity index (χ2n) is 8.57. The number of rotatable bonds is 8. The zero-order chi connectivity index (χ0) is 24.1. The van der Waals surface area contributed by atoms with Crippen molar-refractivity contribution in [1.82, 2.24) is 9.47 Å². The van der Waals surface area contributed by atoms with Gasteiger partial charge in [0.1, 0.15) is 11.5 Å². The Morgan fingerprint density at radius 1 is 0.971 bits per heavy atom. The van der Waals surface area contributed by atoms with Gasteiger partial charge in [0.15, 0.2) is 0 Å². The average Bonchev–Trinajstić information content (AvgIpc) is 2.87. The molecule has 1 atom stereocenters. The van der Waals surface area contributed by atoms with E-state index in [1.54, 1.807) is 24.9 Å². The highest BCUT2D eigenvalue weighted by Gasteiger charge is 2.31. The fraction of sp³-hybridized carbons (Fsp3) is 0.370. The molecule has 7 nitrogen and oxygen atoms in total. The minimum Gasteiger partial charge on any atom is -0.507 e. The van der Waals surface area contributed by atoms with Crippen molar-refractivity contribution in [1.29, 1.82) is 0 Å². The third kappa shape index (κ3) is 4.95. The summed E-state index contributed by atoms with van der Waals surface area (Å²) in [6, 6.07) is 19.4. The Hall–Kier alpha value is -3.29. The minimum atomic E-state index is -0.370. The zero-order valence-electron chi connectivity index (χ0n) is 20.1. The molecule has 3 aromatic rings. The molecule has 1 fully saturated rings. The molecule has 7 heteroatoms. The summed E-state index contributed by atoms with van der Waals surface area (Å²) >= 11 is 0. The summed E-state index contributed by atoms with van der Waals surface area (Å²) < 4.78 is 12.2. The van der Waals surface area contributed by atoms with Crippen LogP contribution >= 0.6 is 0 Å². The Balaban J connectivity index is 1.72. The van der Waals surface area contributed by atoms with E-state index in [1.165, 1.54) is 5.69 Å². The monoisotopic (exact) mass is 463 g/mol. The predicted molar refractivity (Wildman–Crippen MR) is 134 cm³/mol. The van der Waals surface area contributed by atoms with Crippen molar-refractivity contribution in [3.8, 4) is 11.5 Å². The molecule has 1 aliphatic rings. The minimum absolute atomic E-state index is 0.0301. The van der Waals surface area contributed by atoms with Gasteiger partial charge < -0.3 is 24.0 Å². The number of ether oxygens (including phenoxy) is 2. The number of para-hydroxylation sites is 1. The number of aromatic nitrogens is 1. The van der Waals surface area contributed by atoms with Crippen LogP contribution in [0.1, 0.15) is 22.9 Å². The lowest BCUT2D eigenvalue weighted by Crippen LogP contribution is -2.49. The van der Waals surface area contributed by atoms with Gasteiger partial charge in [-0.25, -0.2) is 0 Å². The van der Waals surface area contributed by atoms with E-state index in [0.29, 0.717) is 24.4 Å². The van der Waals surface area contributed by atoms with Gasteiger partial charge in [-0.05, 0) is 42.8 Å². The van der Waals surface area contributed by atoms with Crippen molar-refractivity contribution >= 4 is 5.69 Å². The van der Waals surface area contributed by atoms with Crippen LogP contribution in [0.2, 0.25) is 0 Å². The van der Waals surface area contributed by atoms with Gasteiger partial charge in [0.2, 0.25) is 0 Å². The Labute approximate surface area is 200 Å². The second-order valence-corrected chi connectivity index (χ2v) is 8.57. The summed E-state index contributed by atoms with van der Waals surface area (Å²) in [5.74, 6) is 0.782. The third-order valence-electron chi connectivity index (χ3n) is 6.55. The number of aryl methyl sites for hydroxylation is 1. The number of nitrogens with zero attached hydrogens (tertiary/aromatic N) is 3. The molecule has 2 aromatic carbocycles. The summed E-state index contributed by atoms with van der Waals surface area (Å²) in [6.07, 6.45) is 0. The molecule has 0 unspecified atom stereocenters. The number of aromatic hydroxyl groups is 1. The van der Waals surface area contributed by atoms with E-state index in [4.69, 9.17) is 9.47 Å². The van der Waals surface area contributed by atoms with Gasteiger partial charge in [-0.1, -0.05) is 30.3 Å². The Morgan fingerprint density at radius 2 is 1.65 bits per heavy atom. The highest BCUT2D eigenvalue weighted by Crippen LogP contribution is 2.34. The van der Waals surface area contributed by atoms with Crippen molar-refractivity contribution in [2.24, 2.45) is 0 Å². The highest BCUT2D eigenvalue weighted by molar-refractivity contribution is 5.47. The maximum Gasteiger partial charge on any atom is 0.259 e. The van der Waals surface area contributed by atoms with Gasteiger partial charge >= 0.3 is 0 Å². The number of methoxy groups -OCH3 is 2. The number of benzene rings is 2. The van der Waals surface area contributed by atoms with Crippen molar-refractivity contribution < 1.29 is 14.6 Å². The topological polar surface area (TPSA) is 67.2 Å². The molecule has 0 amide bonds. The summed E-state index contributed by atoms with van der Waals surface area (Å²) in [6.45, 7) is 5.89. The van der Waals surface area contributed by atoms with Crippen LogP contribution in [0.4, 0.5) is 5.69 Å². The molecule has 1 aromatic heterocycles. The lowest BCUT2D eigenvalue weighted by atomic mass is 9.95. The van der Waals surface area contributed by atoms with Gasteiger partial charge in [-0.2, -0.15) is 0 Å². The quantitative estimate of drug-likeness (QED) is 0.552. The summed E-state index contributed by atoms with van der Waals surface area (Å²) in [4.78, 5) is 18.3. The van der Waals surface area contributed by atoms with E-state index < -0.39 is 0 Å². The summed E-state index contributed by atoms with van der Waals surface area (Å²) in [5.41, 5.74) is 3.08. The molecule has 4 rings (SSSR count). The largest absolute Gasteiger partial charge is 0.507 e. The van der Waals surface area contributed by atoms with Crippen molar-refractivity contribution in [2.75, 3.05) is 51.9 Å². The number of pyridine rings is 1. The number of hydrogen-bond donors (Lipinski definition) is 1. The van der Waals surface area contributed by atoms with E-state index in [2.05, 4.69) is 34.1 Å². The fourth-order valence-electron chi connectivity index (χ4n) is 4.71. The Bertz CT molecular complexity index is 1140. The first kappa shape index (κ1) is 23.9. The van der Waals surface area contributed by atoms with Crippen LogP contribution < -0.4 is 15.2 Å². The van der Waals surface area contributed by atoms with E-state index in [-0.39, 0.29) is 17.4 Å². The first-order valence-corrected chi connectivity index (χ1v) is 11.6. The lowest BCUT2D eigenvalue weighted by molar-refractivity contribution is 0.183. The molecule has 180 valence electrons. The van der Waals surface area contributed by atoms with Crippen LogP contribution in [0, 0.1) is 6.92 Å². The Kier molecular flexibility index (Phi) is 7.55. The van der Waals surface area contributed by atoms with E-state index in [9.17, 15) is 9.90 Å². The number of piperazine rings is 1. The van der Waals surface area contributed by atoms with Crippen LogP contribution in [-0.2, 0) is 11.3 Å². The van der Waals surface area contributed by atoms with Crippen molar-refractivity contribution in [3.63, 3.8) is 0 Å². The average molecular weight is 464 g/mol. The van der Waals surface area contributed by atoms with Gasteiger partial charge in [0, 0.05) is 51.2 Å². The molecule has 1 N–H and O–H groups in total. The molecule has 1 aliphatic heterocycles. The first-order chi connectivity index (χ1) is 16.5. The molecule has 0 aliphatic carbocycles. The standard InChI is InChI=1S/C27H33N3O4/c1-20-19-24(31)25(27(32)30(20)17-18-33-2)26(21-9-11-23(34-3)12-10-21)29-15-13-28(14-16-29)22-7-5-4-6-8-22/h4-12,19,26,31H,13-18H2,1-3H3/t26-/m0/s1. The highest BCUT2D eigenvalue weighted by atomic mass is 16.5. The Morgan fingerprint density at radius 3 is 2.26 bits per heavy atom. The van der Waals surface area contributed by atoms with E-state index in [0.717, 1.165) is 37.5 Å². The maximum absolute atomic E-state index is 13.7. The molecule has 0 bridgehead atoms. The maximum atomic E-state index is 13.7. The van der Waals surface area contributed by atoms with Gasteiger partial charge in [-0.15, -0.1) is 0 Å². The smallest absolute Gasteiger partial charge is 0.259 e. The summed E-state index contributed by atoms with van der Waals surface area (Å²) in [7, 11) is 3.25. The van der Waals surface area contributed by atoms with Crippen LogP contribution in [0.3, 0.4) is 0 Å². The molecule has 2 heterocycles. The third-order valence-corrected chi connectivity index (χ3v) is 6.55. The van der Waals surface area contributed by atoms with Crippen molar-refractivity contribution in [2.45, 2.75) is 19.5 Å². The van der Waals surface area contributed by atoms with Crippen LogP contribution in [0.5, 0.6) is 11.5 Å². The van der Waals surface area contributed by atoms with E-state index in [1.807, 2.05) is 37.3 Å². The molecular weight excluding hydrogens is 430 g/mol. The predicted octanol–water partition coefficient (Wildman–Crippen LogP) is 3.43. The van der Waals surface area contributed by atoms with Crippen LogP contribution in [0.25, 0.3) is 0 Å². The van der Waals surface area contributed by atoms with Crippen LogP contribution in [0.15, 0.2) is 65.5 Å². The first-order valence-electron chi connectivity index (χ1n) is 11.6. The molecule has 0 saturated carbocycles. The van der Waals surface area contributed by atoms with Gasteiger partial charge in [-0.3, -0.25) is 9.69 Å². The van der Waals surface area contributed by atoms with Gasteiger partial charge in [0.05, 0.1) is 25.3 Å². The second kappa shape index (κ2) is 10.8. The number of hydrogen-bond acceptors (Lipinski definition) is 6. The SMILES string of the molecule is COCCn1c(C)cc(O)c([C@H](c2ccc(OC)cc2)N2CCN(c3ccccc3)CC2)c1=O.